The van der Waals surface area contributed by atoms with Crippen LogP contribution in [0.1, 0.15) is 30.6 Å². The average molecular weight is 460 g/mol. The maximum Gasteiger partial charge on any atom is 0.387 e. The number of carbonyl (C=O) groups is 1. The van der Waals surface area contributed by atoms with Gasteiger partial charge in [0.15, 0.2) is 17.1 Å². The highest BCUT2D eigenvalue weighted by molar-refractivity contribution is 6.39. The third-order valence-electron chi connectivity index (χ3n) is 4.10. The highest BCUT2D eigenvalue weighted by Gasteiger charge is 2.34. The van der Waals surface area contributed by atoms with Crippen molar-refractivity contribution in [3.63, 3.8) is 0 Å². The number of nitrogens with zero attached hydrogens (tertiary/aromatic N) is 2. The van der Waals surface area contributed by atoms with Gasteiger partial charge < -0.3 is 19.6 Å². The van der Waals surface area contributed by atoms with Gasteiger partial charge >= 0.3 is 6.61 Å². The second kappa shape index (κ2) is 9.01. The van der Waals surface area contributed by atoms with Crippen LogP contribution in [0.3, 0.4) is 0 Å². The molecule has 1 amide bonds. The second-order valence-corrected chi connectivity index (χ2v) is 7.62. The second-order valence-electron chi connectivity index (χ2n) is 6.81. The minimum atomic E-state index is -3.06. The number of hydrogen-bond acceptors (Lipinski definition) is 6. The predicted molar refractivity (Wildman–Crippen MR) is 108 cm³/mol. The van der Waals surface area contributed by atoms with E-state index in [1.807, 2.05) is 0 Å². The highest BCUT2D eigenvalue weighted by Crippen LogP contribution is 2.34. The molecule has 1 aliphatic rings. The summed E-state index contributed by atoms with van der Waals surface area (Å²) in [5.74, 6) is -0.856. The average Bonchev–Trinajstić information content (AvgIpc) is 3.02. The number of nitrogens with one attached hydrogen (secondary N) is 1. The molecule has 1 atom stereocenters. The molecule has 3 rings (SSSR count). The number of rotatable bonds is 7. The normalized spacial score (nSPS) is 18.0. The molecule has 0 fully saturated rings. The summed E-state index contributed by atoms with van der Waals surface area (Å²) in [5, 5.41) is 6.73. The van der Waals surface area contributed by atoms with Gasteiger partial charge in [-0.15, -0.1) is 0 Å². The van der Waals surface area contributed by atoms with E-state index < -0.39 is 18.1 Å². The Morgan fingerprint density at radius 2 is 2.00 bits per heavy atom. The van der Waals surface area contributed by atoms with E-state index in [1.165, 1.54) is 30.6 Å². The topological polar surface area (TPSA) is 82.0 Å². The molecule has 7 nitrogen and oxygen atoms in total. The van der Waals surface area contributed by atoms with Crippen molar-refractivity contribution in [3.05, 3.63) is 46.2 Å². The first-order chi connectivity index (χ1) is 14.2. The van der Waals surface area contributed by atoms with Crippen molar-refractivity contribution in [2.45, 2.75) is 32.5 Å². The molecule has 0 saturated carbocycles. The standard InChI is InChI=1S/C19H17Cl2F2N3O4/c1-10-6-19(2,30-26-10)9-28-15-5-11(3-4-14(15)29-18(22)23)17(27)25-16-12(20)7-24-8-13(16)21/h3-5,7-8,18H,6,9H2,1-2H3,(H,24,25,27). The number of carbonyl (C=O) groups excluding carboxylic acids is 1. The third kappa shape index (κ3) is 5.28. The van der Waals surface area contributed by atoms with Crippen molar-refractivity contribution in [2.75, 3.05) is 11.9 Å². The van der Waals surface area contributed by atoms with E-state index in [4.69, 9.17) is 32.8 Å². The van der Waals surface area contributed by atoms with Crippen molar-refractivity contribution in [2.24, 2.45) is 5.16 Å². The number of alkyl halides is 2. The van der Waals surface area contributed by atoms with E-state index in [-0.39, 0.29) is 39.4 Å². The number of anilines is 1. The Labute approximate surface area is 180 Å². The minimum absolute atomic E-state index is 0.000517. The molecule has 0 saturated heterocycles. The maximum atomic E-state index is 12.8. The van der Waals surface area contributed by atoms with Gasteiger partial charge in [0.1, 0.15) is 6.61 Å². The number of aromatic nitrogens is 1. The quantitative estimate of drug-likeness (QED) is 0.616. The third-order valence-corrected chi connectivity index (χ3v) is 4.67. The number of pyridine rings is 1. The predicted octanol–water partition coefficient (Wildman–Crippen LogP) is 5.18. The molecule has 30 heavy (non-hydrogen) atoms. The lowest BCUT2D eigenvalue weighted by Gasteiger charge is -2.22. The molecule has 160 valence electrons. The Hall–Kier alpha value is -2.65. The van der Waals surface area contributed by atoms with Crippen LogP contribution in [0, 0.1) is 0 Å². The fraction of sp³-hybridized carbons (Fsp3) is 0.316. The first-order valence-electron chi connectivity index (χ1n) is 8.70. The zero-order valence-electron chi connectivity index (χ0n) is 15.9. The van der Waals surface area contributed by atoms with E-state index in [1.54, 1.807) is 13.8 Å². The lowest BCUT2D eigenvalue weighted by molar-refractivity contribution is -0.0558. The van der Waals surface area contributed by atoms with Crippen molar-refractivity contribution in [3.8, 4) is 11.5 Å². The van der Waals surface area contributed by atoms with Crippen molar-refractivity contribution >= 4 is 40.5 Å². The van der Waals surface area contributed by atoms with E-state index in [2.05, 4.69) is 20.2 Å². The van der Waals surface area contributed by atoms with Crippen molar-refractivity contribution in [1.29, 1.82) is 0 Å². The van der Waals surface area contributed by atoms with Crippen molar-refractivity contribution in [1.82, 2.24) is 4.98 Å². The maximum absolute atomic E-state index is 12.8. The first-order valence-corrected chi connectivity index (χ1v) is 9.46. The molecule has 0 radical (unpaired) electrons. The van der Waals surface area contributed by atoms with Crippen LogP contribution in [0.15, 0.2) is 35.7 Å². The molecule has 0 spiro atoms. The summed E-state index contributed by atoms with van der Waals surface area (Å²) in [7, 11) is 0. The monoisotopic (exact) mass is 459 g/mol. The van der Waals surface area contributed by atoms with Crippen LogP contribution in [0.2, 0.25) is 10.0 Å². The molecular weight excluding hydrogens is 443 g/mol. The van der Waals surface area contributed by atoms with Gasteiger partial charge in [-0.3, -0.25) is 9.78 Å². The molecule has 1 N–H and O–H groups in total. The van der Waals surface area contributed by atoms with Crippen LogP contribution >= 0.6 is 23.2 Å². The molecule has 2 aromatic rings. The van der Waals surface area contributed by atoms with Crippen LogP contribution in [0.25, 0.3) is 0 Å². The molecule has 1 aromatic carbocycles. The highest BCUT2D eigenvalue weighted by atomic mass is 35.5. The lowest BCUT2D eigenvalue weighted by atomic mass is 10.0. The van der Waals surface area contributed by atoms with Gasteiger partial charge in [-0.25, -0.2) is 0 Å². The number of benzene rings is 1. The molecule has 2 heterocycles. The summed E-state index contributed by atoms with van der Waals surface area (Å²) < 4.78 is 35.7. The van der Waals surface area contributed by atoms with Gasteiger partial charge in [0.2, 0.25) is 0 Å². The van der Waals surface area contributed by atoms with E-state index >= 15 is 0 Å². The SMILES string of the molecule is CC1=NOC(C)(COc2cc(C(=O)Nc3c(Cl)cncc3Cl)ccc2OC(F)F)C1. The molecule has 0 bridgehead atoms. The zero-order valence-corrected chi connectivity index (χ0v) is 17.4. The Morgan fingerprint density at radius 1 is 1.30 bits per heavy atom. The summed E-state index contributed by atoms with van der Waals surface area (Å²) >= 11 is 12.0. The minimum Gasteiger partial charge on any atom is -0.485 e. The molecule has 1 aromatic heterocycles. The molecule has 0 aliphatic carbocycles. The molecule has 11 heteroatoms. The Kier molecular flexibility index (Phi) is 6.62. The fourth-order valence-corrected chi connectivity index (χ4v) is 3.23. The molecule has 1 unspecified atom stereocenters. The lowest BCUT2D eigenvalue weighted by Crippen LogP contribution is -2.32. The van der Waals surface area contributed by atoms with Crippen LogP contribution in [-0.2, 0) is 4.84 Å². The zero-order chi connectivity index (χ0) is 21.9. The van der Waals surface area contributed by atoms with Crippen LogP contribution < -0.4 is 14.8 Å². The van der Waals surface area contributed by atoms with Crippen LogP contribution in [-0.4, -0.2) is 35.4 Å². The molecule has 1 aliphatic heterocycles. The van der Waals surface area contributed by atoms with Gasteiger partial charge in [0.05, 0.1) is 21.4 Å². The van der Waals surface area contributed by atoms with Crippen LogP contribution in [0.4, 0.5) is 14.5 Å². The summed E-state index contributed by atoms with van der Waals surface area (Å²) in [6.07, 6.45) is 3.16. The Bertz CT molecular complexity index is 970. The first kappa shape index (κ1) is 22.0. The van der Waals surface area contributed by atoms with Gasteiger partial charge in [-0.1, -0.05) is 28.4 Å². The molecular formula is C19H17Cl2F2N3O4. The fourth-order valence-electron chi connectivity index (χ4n) is 2.77. The number of oxime groups is 1. The number of amides is 1. The van der Waals surface area contributed by atoms with E-state index in [0.717, 1.165) is 5.71 Å². The Balaban J connectivity index is 1.82. The summed E-state index contributed by atoms with van der Waals surface area (Å²) in [6.45, 7) is 0.507. The van der Waals surface area contributed by atoms with E-state index in [9.17, 15) is 13.6 Å². The van der Waals surface area contributed by atoms with E-state index in [0.29, 0.717) is 6.42 Å². The summed E-state index contributed by atoms with van der Waals surface area (Å²) in [4.78, 5) is 21.8. The van der Waals surface area contributed by atoms with Gasteiger partial charge in [-0.2, -0.15) is 8.78 Å². The van der Waals surface area contributed by atoms with Gasteiger partial charge in [-0.05, 0) is 32.0 Å². The number of ether oxygens (including phenoxy) is 2. The van der Waals surface area contributed by atoms with Crippen molar-refractivity contribution < 1.29 is 27.9 Å². The number of halogens is 4. The number of hydrogen-bond donors (Lipinski definition) is 1. The summed E-state index contributed by atoms with van der Waals surface area (Å²) in [6, 6.07) is 3.80. The van der Waals surface area contributed by atoms with Gasteiger partial charge in [0, 0.05) is 24.4 Å². The smallest absolute Gasteiger partial charge is 0.387 e. The summed E-state index contributed by atoms with van der Waals surface area (Å²) in [5.41, 5.74) is 0.306. The Morgan fingerprint density at radius 3 is 2.60 bits per heavy atom. The largest absolute Gasteiger partial charge is 0.485 e. The van der Waals surface area contributed by atoms with Crippen LogP contribution in [0.5, 0.6) is 11.5 Å². The van der Waals surface area contributed by atoms with Gasteiger partial charge in [0.25, 0.3) is 5.91 Å².